The van der Waals surface area contributed by atoms with E-state index in [9.17, 15) is 9.90 Å². The topological polar surface area (TPSA) is 111 Å². The summed E-state index contributed by atoms with van der Waals surface area (Å²) in [4.78, 5) is 12.0. The van der Waals surface area contributed by atoms with Crippen LogP contribution in [0.1, 0.15) is 33.1 Å². The highest BCUT2D eigenvalue weighted by Gasteiger charge is 2.31. The van der Waals surface area contributed by atoms with Crippen LogP contribution in [-0.4, -0.2) is 64.1 Å². The van der Waals surface area contributed by atoms with Gasteiger partial charge < -0.3 is 25.2 Å². The summed E-state index contributed by atoms with van der Waals surface area (Å²) in [5.74, 6) is 0.756. The minimum absolute atomic E-state index is 0.00716. The first-order valence-corrected chi connectivity index (χ1v) is 10.4. The summed E-state index contributed by atoms with van der Waals surface area (Å²) < 4.78 is 13.2. The summed E-state index contributed by atoms with van der Waals surface area (Å²) in [7, 11) is 1.63. The Balaban J connectivity index is 1.52. The fourth-order valence-electron chi connectivity index (χ4n) is 3.65. The van der Waals surface area contributed by atoms with Crippen LogP contribution >= 0.6 is 0 Å². The molecule has 0 aliphatic carbocycles. The number of methoxy groups -OCH3 is 1. The molecule has 1 aliphatic rings. The number of aromatic nitrogens is 3. The zero-order valence-corrected chi connectivity index (χ0v) is 17.7. The summed E-state index contributed by atoms with van der Waals surface area (Å²) in [5, 5.41) is 23.9. The molecule has 1 fully saturated rings. The Hall–Kier alpha value is -2.65. The van der Waals surface area contributed by atoms with Crippen molar-refractivity contribution in [1.82, 2.24) is 25.6 Å². The molecule has 2 amide bonds. The van der Waals surface area contributed by atoms with E-state index in [-0.39, 0.29) is 30.8 Å². The molecule has 164 valence electrons. The standard InChI is InChI=1S/C21H31N5O4/c1-14(2)22-21(28)23-17-9-8-15(30-20(17)13-27)10-11-26-12-18(24-25-26)16-6-4-5-7-19(16)29-3/h4-7,12,14-15,17,20,27H,8-11,13H2,1-3H3,(H2,22,23,28)/t15-,17-,20-/m1/s1. The Morgan fingerprint density at radius 2 is 2.17 bits per heavy atom. The predicted molar refractivity (Wildman–Crippen MR) is 112 cm³/mol. The Kier molecular flexibility index (Phi) is 7.64. The first kappa shape index (κ1) is 22.0. The van der Waals surface area contributed by atoms with E-state index >= 15 is 0 Å². The number of carbonyl (C=O) groups is 1. The van der Waals surface area contributed by atoms with Crippen molar-refractivity contribution in [2.24, 2.45) is 0 Å². The molecule has 2 heterocycles. The highest BCUT2D eigenvalue weighted by Crippen LogP contribution is 2.28. The Labute approximate surface area is 176 Å². The number of carbonyl (C=O) groups excluding carboxylic acids is 1. The van der Waals surface area contributed by atoms with Gasteiger partial charge in [-0.05, 0) is 45.2 Å². The van der Waals surface area contributed by atoms with E-state index in [1.807, 2.05) is 44.3 Å². The van der Waals surface area contributed by atoms with E-state index in [1.165, 1.54) is 0 Å². The van der Waals surface area contributed by atoms with Gasteiger partial charge in [0.15, 0.2) is 0 Å². The SMILES string of the molecule is COc1ccccc1-c1cn(CC[C@H]2CC[C@@H](NC(=O)NC(C)C)[C@@H](CO)O2)nn1. The second-order valence-corrected chi connectivity index (χ2v) is 7.79. The first-order valence-electron chi connectivity index (χ1n) is 10.4. The van der Waals surface area contributed by atoms with Gasteiger partial charge in [-0.1, -0.05) is 17.3 Å². The molecular formula is C21H31N5O4. The minimum Gasteiger partial charge on any atom is -0.496 e. The third-order valence-electron chi connectivity index (χ3n) is 5.13. The average Bonchev–Trinajstić information content (AvgIpc) is 3.21. The van der Waals surface area contributed by atoms with Gasteiger partial charge in [-0.25, -0.2) is 4.79 Å². The number of para-hydroxylation sites is 1. The highest BCUT2D eigenvalue weighted by atomic mass is 16.5. The fraction of sp³-hybridized carbons (Fsp3) is 0.571. The van der Waals surface area contributed by atoms with Crippen molar-refractivity contribution in [3.8, 4) is 17.0 Å². The maximum absolute atomic E-state index is 12.0. The van der Waals surface area contributed by atoms with Crippen LogP contribution in [0.3, 0.4) is 0 Å². The molecule has 3 rings (SSSR count). The van der Waals surface area contributed by atoms with Crippen molar-refractivity contribution in [3.05, 3.63) is 30.5 Å². The maximum Gasteiger partial charge on any atom is 0.315 e. The summed E-state index contributed by atoms with van der Waals surface area (Å²) in [6.07, 6.45) is 3.78. The quantitative estimate of drug-likeness (QED) is 0.606. The van der Waals surface area contributed by atoms with Crippen molar-refractivity contribution in [1.29, 1.82) is 0 Å². The van der Waals surface area contributed by atoms with Crippen molar-refractivity contribution in [2.45, 2.75) is 63.9 Å². The predicted octanol–water partition coefficient (Wildman–Crippen LogP) is 1.96. The number of hydrogen-bond donors (Lipinski definition) is 3. The number of urea groups is 1. The van der Waals surface area contributed by atoms with E-state index in [0.29, 0.717) is 6.54 Å². The Bertz CT molecular complexity index is 825. The molecule has 1 saturated heterocycles. The lowest BCUT2D eigenvalue weighted by molar-refractivity contribution is -0.0908. The molecule has 3 N–H and O–H groups in total. The zero-order chi connectivity index (χ0) is 21.5. The van der Waals surface area contributed by atoms with Crippen molar-refractivity contribution in [3.63, 3.8) is 0 Å². The number of nitrogens with zero attached hydrogens (tertiary/aromatic N) is 3. The number of rotatable bonds is 8. The van der Waals surface area contributed by atoms with E-state index < -0.39 is 6.10 Å². The monoisotopic (exact) mass is 417 g/mol. The van der Waals surface area contributed by atoms with Crippen LogP contribution < -0.4 is 15.4 Å². The van der Waals surface area contributed by atoms with Gasteiger partial charge in [-0.3, -0.25) is 4.68 Å². The van der Waals surface area contributed by atoms with Gasteiger partial charge >= 0.3 is 6.03 Å². The molecule has 9 nitrogen and oxygen atoms in total. The fourth-order valence-corrected chi connectivity index (χ4v) is 3.65. The number of nitrogens with one attached hydrogen (secondary N) is 2. The average molecular weight is 418 g/mol. The highest BCUT2D eigenvalue weighted by molar-refractivity contribution is 5.74. The number of aliphatic hydroxyl groups is 1. The van der Waals surface area contributed by atoms with Crippen LogP contribution in [0.25, 0.3) is 11.3 Å². The third-order valence-corrected chi connectivity index (χ3v) is 5.13. The molecule has 0 radical (unpaired) electrons. The second kappa shape index (κ2) is 10.4. The Morgan fingerprint density at radius 3 is 2.90 bits per heavy atom. The number of aryl methyl sites for hydroxylation is 1. The van der Waals surface area contributed by atoms with Crippen molar-refractivity contribution >= 4 is 6.03 Å². The van der Waals surface area contributed by atoms with Gasteiger partial charge in [-0.2, -0.15) is 0 Å². The van der Waals surface area contributed by atoms with Crippen LogP contribution in [0.15, 0.2) is 30.5 Å². The molecule has 2 aromatic rings. The molecular weight excluding hydrogens is 386 g/mol. The van der Waals surface area contributed by atoms with Crippen LogP contribution in [0.2, 0.25) is 0 Å². The molecule has 1 aromatic carbocycles. The van der Waals surface area contributed by atoms with E-state index in [1.54, 1.807) is 11.8 Å². The molecule has 0 saturated carbocycles. The lowest BCUT2D eigenvalue weighted by Crippen LogP contribution is -2.54. The van der Waals surface area contributed by atoms with E-state index in [2.05, 4.69) is 20.9 Å². The molecule has 0 bridgehead atoms. The Morgan fingerprint density at radius 1 is 1.37 bits per heavy atom. The van der Waals surface area contributed by atoms with Gasteiger partial charge in [0.2, 0.25) is 0 Å². The number of hydrogen-bond acceptors (Lipinski definition) is 6. The van der Waals surface area contributed by atoms with Gasteiger partial charge in [-0.15, -0.1) is 5.10 Å². The lowest BCUT2D eigenvalue weighted by atomic mass is 9.97. The largest absolute Gasteiger partial charge is 0.496 e. The maximum atomic E-state index is 12.0. The number of ether oxygens (including phenoxy) is 2. The molecule has 3 atom stereocenters. The molecule has 9 heteroatoms. The molecule has 1 aromatic heterocycles. The van der Waals surface area contributed by atoms with Gasteiger partial charge in [0.1, 0.15) is 17.5 Å². The van der Waals surface area contributed by atoms with Crippen molar-refractivity contribution in [2.75, 3.05) is 13.7 Å². The number of benzene rings is 1. The molecule has 30 heavy (non-hydrogen) atoms. The summed E-state index contributed by atoms with van der Waals surface area (Å²) in [5.41, 5.74) is 1.65. The number of amides is 2. The molecule has 1 aliphatic heterocycles. The number of aliphatic hydroxyl groups excluding tert-OH is 1. The van der Waals surface area contributed by atoms with E-state index in [0.717, 1.165) is 36.3 Å². The van der Waals surface area contributed by atoms with Gasteiger partial charge in [0, 0.05) is 18.2 Å². The van der Waals surface area contributed by atoms with Crippen molar-refractivity contribution < 1.29 is 19.4 Å². The first-order chi connectivity index (χ1) is 14.5. The molecule has 0 unspecified atom stereocenters. The van der Waals surface area contributed by atoms with Crippen LogP contribution in [0, 0.1) is 0 Å². The second-order valence-electron chi connectivity index (χ2n) is 7.79. The van der Waals surface area contributed by atoms with Gasteiger partial charge in [0.25, 0.3) is 0 Å². The van der Waals surface area contributed by atoms with E-state index in [4.69, 9.17) is 9.47 Å². The molecule has 0 spiro atoms. The summed E-state index contributed by atoms with van der Waals surface area (Å²) in [6, 6.07) is 7.32. The lowest BCUT2D eigenvalue weighted by Gasteiger charge is -2.36. The normalized spacial score (nSPS) is 21.4. The smallest absolute Gasteiger partial charge is 0.315 e. The van der Waals surface area contributed by atoms with Crippen LogP contribution in [-0.2, 0) is 11.3 Å². The minimum atomic E-state index is -0.415. The van der Waals surface area contributed by atoms with Gasteiger partial charge in [0.05, 0.1) is 32.1 Å². The van der Waals surface area contributed by atoms with Crippen LogP contribution in [0.5, 0.6) is 5.75 Å². The van der Waals surface area contributed by atoms with Crippen LogP contribution in [0.4, 0.5) is 4.79 Å². The summed E-state index contributed by atoms with van der Waals surface area (Å²) in [6.45, 7) is 4.32. The summed E-state index contributed by atoms with van der Waals surface area (Å²) >= 11 is 0. The zero-order valence-electron chi connectivity index (χ0n) is 17.7. The third kappa shape index (κ3) is 5.70.